The quantitative estimate of drug-likeness (QED) is 0.427. The maximum atomic E-state index is 12.1. The van der Waals surface area contributed by atoms with Crippen molar-refractivity contribution in [1.82, 2.24) is 9.97 Å². The number of hydrogen-bond donors (Lipinski definition) is 0. The van der Waals surface area contributed by atoms with Crippen LogP contribution in [0, 0.1) is 0 Å². The molecule has 1 aromatic heterocycles. The Balaban J connectivity index is 2.19. The Kier molecular flexibility index (Phi) is 5.30. The third kappa shape index (κ3) is 4.33. The van der Waals surface area contributed by atoms with Crippen molar-refractivity contribution in [3.8, 4) is 0 Å². The summed E-state index contributed by atoms with van der Waals surface area (Å²) < 4.78 is 24.7. The molecule has 20 heavy (non-hydrogen) atoms. The molecule has 0 bridgehead atoms. The van der Waals surface area contributed by atoms with Crippen LogP contribution in [0.5, 0.6) is 0 Å². The molecule has 9 heteroatoms. The van der Waals surface area contributed by atoms with Gasteiger partial charge >= 0.3 is 0 Å². The van der Waals surface area contributed by atoms with Gasteiger partial charge in [-0.15, -0.1) is 0 Å². The lowest BCUT2D eigenvalue weighted by Gasteiger charge is -2.05. The largest absolute Gasteiger partial charge is 0.229 e. The Morgan fingerprint density at radius 1 is 1.25 bits per heavy atom. The number of nitrogens with zero attached hydrogens (tertiary/aromatic N) is 2. The molecule has 0 unspecified atom stereocenters. The van der Waals surface area contributed by atoms with Crippen molar-refractivity contribution in [2.45, 2.75) is 10.9 Å². The van der Waals surface area contributed by atoms with Gasteiger partial charge in [0, 0.05) is 22.0 Å². The monoisotopic (exact) mass is 412 g/mol. The van der Waals surface area contributed by atoms with Crippen molar-refractivity contribution in [2.24, 2.45) is 0 Å². The number of rotatable bonds is 4. The summed E-state index contributed by atoms with van der Waals surface area (Å²) in [5, 5.41) is 0.645. The summed E-state index contributed by atoms with van der Waals surface area (Å²) in [4.78, 5) is 7.78. The zero-order valence-corrected chi connectivity index (χ0v) is 14.5. The minimum atomic E-state index is -3.51. The van der Waals surface area contributed by atoms with Crippen LogP contribution in [0.3, 0.4) is 0 Å². The summed E-state index contributed by atoms with van der Waals surface area (Å²) in [5.41, 5.74) is 0.532. The highest BCUT2D eigenvalue weighted by Crippen LogP contribution is 2.29. The lowest BCUT2D eigenvalue weighted by molar-refractivity contribution is 0.609. The third-order valence-corrected chi connectivity index (χ3v) is 6.46. The Morgan fingerprint density at radius 2 is 1.95 bits per heavy atom. The molecule has 0 N–H and O–H groups in total. The van der Waals surface area contributed by atoms with E-state index in [9.17, 15) is 8.42 Å². The van der Waals surface area contributed by atoms with E-state index in [0.717, 1.165) is 0 Å². The first-order chi connectivity index (χ1) is 9.37. The predicted molar refractivity (Wildman–Crippen MR) is 84.7 cm³/mol. The predicted octanol–water partition coefficient (Wildman–Crippen LogP) is 4.17. The van der Waals surface area contributed by atoms with Crippen molar-refractivity contribution >= 4 is 58.8 Å². The Hall–Kier alpha value is -0.340. The van der Waals surface area contributed by atoms with E-state index in [4.69, 9.17) is 23.2 Å². The van der Waals surface area contributed by atoms with Gasteiger partial charge in [0.15, 0.2) is 0 Å². The van der Waals surface area contributed by atoms with Gasteiger partial charge in [-0.1, -0.05) is 41.4 Å². The van der Waals surface area contributed by atoms with Crippen molar-refractivity contribution < 1.29 is 8.42 Å². The zero-order valence-electron chi connectivity index (χ0n) is 9.76. The molecule has 0 atom stereocenters. The Morgan fingerprint density at radius 3 is 2.60 bits per heavy atom. The van der Waals surface area contributed by atoms with Crippen molar-refractivity contribution in [3.63, 3.8) is 0 Å². The second-order valence-corrected chi connectivity index (χ2v) is 9.25. The molecular weight excluding hydrogens is 407 g/mol. The van der Waals surface area contributed by atoms with Crippen LogP contribution in [0.4, 0.5) is 0 Å². The van der Waals surface area contributed by atoms with Crippen molar-refractivity contribution in [3.05, 3.63) is 50.7 Å². The molecule has 106 valence electrons. The lowest BCUT2D eigenvalue weighted by Crippen LogP contribution is -2.01. The summed E-state index contributed by atoms with van der Waals surface area (Å²) >= 11 is 14.9. The van der Waals surface area contributed by atoms with Gasteiger partial charge < -0.3 is 0 Å². The second-order valence-electron chi connectivity index (χ2n) is 3.67. The van der Waals surface area contributed by atoms with E-state index >= 15 is 0 Å². The molecule has 2 aromatic rings. The molecule has 2 rings (SSSR count). The van der Waals surface area contributed by atoms with Crippen LogP contribution >= 0.6 is 49.9 Å². The molecule has 1 aromatic carbocycles. The van der Waals surface area contributed by atoms with Gasteiger partial charge in [-0.3, -0.25) is 0 Å². The van der Waals surface area contributed by atoms with Crippen LogP contribution in [0.15, 0.2) is 40.1 Å². The summed E-state index contributed by atoms with van der Waals surface area (Å²) in [5.74, 6) is -0.200. The topological polar surface area (TPSA) is 59.9 Å². The fraction of sp³-hybridized carbons (Fsp3) is 0.0909. The maximum absolute atomic E-state index is 12.1. The molecule has 4 nitrogen and oxygen atoms in total. The molecule has 1 heterocycles. The minimum absolute atomic E-state index is 0.0743. The zero-order chi connectivity index (χ0) is 14.8. The molecule has 0 saturated carbocycles. The first-order valence-corrected chi connectivity index (χ1v) is 9.74. The van der Waals surface area contributed by atoms with Gasteiger partial charge in [-0.2, -0.15) is 0 Å². The smallest absolute Gasteiger partial charge is 0.213 e. The van der Waals surface area contributed by atoms with Crippen LogP contribution in [-0.4, -0.2) is 18.4 Å². The van der Waals surface area contributed by atoms with E-state index < -0.39 is 8.87 Å². The molecule has 0 saturated heterocycles. The SMILES string of the molecule is O=S(=O)(Cc1ccccc1Cl)Sc1ncc(Br)c(Cl)n1. The fourth-order valence-corrected chi connectivity index (χ4v) is 4.60. The third-order valence-electron chi connectivity index (χ3n) is 2.17. The van der Waals surface area contributed by atoms with Gasteiger partial charge in [-0.25, -0.2) is 18.4 Å². The van der Waals surface area contributed by atoms with Crippen LogP contribution in [0.2, 0.25) is 10.2 Å². The molecule has 0 spiro atoms. The molecule has 0 amide bonds. The van der Waals surface area contributed by atoms with E-state index in [-0.39, 0.29) is 16.1 Å². The summed E-state index contributed by atoms with van der Waals surface area (Å²) in [6, 6.07) is 6.78. The van der Waals surface area contributed by atoms with E-state index in [2.05, 4.69) is 25.9 Å². The van der Waals surface area contributed by atoms with Gasteiger partial charge in [-0.05, 0) is 27.6 Å². The van der Waals surface area contributed by atoms with Gasteiger partial charge in [0.05, 0.1) is 10.2 Å². The maximum Gasteiger partial charge on any atom is 0.213 e. The van der Waals surface area contributed by atoms with Crippen LogP contribution in [0.25, 0.3) is 0 Å². The van der Waals surface area contributed by atoms with E-state index in [1.807, 2.05) is 0 Å². The van der Waals surface area contributed by atoms with Gasteiger partial charge in [0.1, 0.15) is 5.15 Å². The molecule has 0 fully saturated rings. The van der Waals surface area contributed by atoms with E-state index in [1.165, 1.54) is 6.20 Å². The van der Waals surface area contributed by atoms with Crippen LogP contribution in [0.1, 0.15) is 5.56 Å². The normalized spacial score (nSPS) is 11.6. The Bertz CT molecular complexity index is 741. The van der Waals surface area contributed by atoms with Gasteiger partial charge in [0.25, 0.3) is 0 Å². The summed E-state index contributed by atoms with van der Waals surface area (Å²) in [7, 11) is -2.95. The number of benzene rings is 1. The molecule has 0 aliphatic rings. The highest BCUT2D eigenvalue weighted by Gasteiger charge is 2.18. The van der Waals surface area contributed by atoms with Crippen LogP contribution in [-0.2, 0) is 14.6 Å². The number of aromatic nitrogens is 2. The highest BCUT2D eigenvalue weighted by molar-refractivity contribution is 9.10. The molecule has 0 aliphatic carbocycles. The van der Waals surface area contributed by atoms with Crippen molar-refractivity contribution in [1.29, 1.82) is 0 Å². The number of halogens is 3. The average molecular weight is 414 g/mol. The molecule has 0 radical (unpaired) electrons. The first kappa shape index (κ1) is 16.0. The van der Waals surface area contributed by atoms with Gasteiger partial charge in [0.2, 0.25) is 14.0 Å². The van der Waals surface area contributed by atoms with Crippen molar-refractivity contribution in [2.75, 3.05) is 0 Å². The Labute approximate surface area is 138 Å². The molecule has 0 aliphatic heterocycles. The lowest BCUT2D eigenvalue weighted by atomic mass is 10.2. The summed E-state index contributed by atoms with van der Waals surface area (Å²) in [6.45, 7) is 0. The fourth-order valence-electron chi connectivity index (χ4n) is 1.32. The average Bonchev–Trinajstić information content (AvgIpc) is 2.36. The minimum Gasteiger partial charge on any atom is -0.229 e. The van der Waals surface area contributed by atoms with E-state index in [0.29, 0.717) is 25.9 Å². The first-order valence-electron chi connectivity index (χ1n) is 5.21. The standard InChI is InChI=1S/C11H7BrCl2N2O2S2/c12-8-5-15-11(16-10(8)14)19-20(17,18)6-7-3-1-2-4-9(7)13/h1-5H,6H2. The molecular formula is C11H7BrCl2N2O2S2. The summed E-state index contributed by atoms with van der Waals surface area (Å²) in [6.07, 6.45) is 1.41. The highest BCUT2D eigenvalue weighted by atomic mass is 79.9. The second kappa shape index (κ2) is 6.62. The van der Waals surface area contributed by atoms with E-state index in [1.54, 1.807) is 24.3 Å². The number of hydrogen-bond acceptors (Lipinski definition) is 5. The van der Waals surface area contributed by atoms with Crippen LogP contribution < -0.4 is 0 Å².